The molecule has 1 rings (SSSR count). The number of aryl methyl sites for hydroxylation is 1. The van der Waals surface area contributed by atoms with E-state index in [0.717, 1.165) is 22.6 Å². The van der Waals surface area contributed by atoms with Crippen LogP contribution in [0, 0.1) is 12.8 Å². The molecular weight excluding hydrogens is 220 g/mol. The van der Waals surface area contributed by atoms with Gasteiger partial charge in [0, 0.05) is 5.02 Å². The standard InChI is InChI=1S/C14H21ClO/c1-4-5-10(2)8-14(16)12-6-7-13(15)11(3)9-12/h6-7,9-10,14,16H,4-5,8H2,1-3H3. The maximum Gasteiger partial charge on any atom is 0.0792 e. The van der Waals surface area contributed by atoms with Gasteiger partial charge in [0.25, 0.3) is 0 Å². The zero-order valence-corrected chi connectivity index (χ0v) is 11.1. The summed E-state index contributed by atoms with van der Waals surface area (Å²) >= 11 is 5.96. The first-order chi connectivity index (χ1) is 7.54. The normalized spacial score (nSPS) is 14.8. The summed E-state index contributed by atoms with van der Waals surface area (Å²) in [6.45, 7) is 6.33. The molecule has 90 valence electrons. The van der Waals surface area contributed by atoms with Gasteiger partial charge in [0.05, 0.1) is 6.10 Å². The fourth-order valence-corrected chi connectivity index (χ4v) is 2.12. The lowest BCUT2D eigenvalue weighted by atomic mass is 9.94. The van der Waals surface area contributed by atoms with Crippen LogP contribution in [0.5, 0.6) is 0 Å². The van der Waals surface area contributed by atoms with Crippen LogP contribution in [0.15, 0.2) is 18.2 Å². The molecule has 1 nitrogen and oxygen atoms in total. The SMILES string of the molecule is CCCC(C)CC(O)c1ccc(Cl)c(C)c1. The van der Waals surface area contributed by atoms with Gasteiger partial charge in [-0.25, -0.2) is 0 Å². The van der Waals surface area contributed by atoms with Crippen molar-refractivity contribution in [3.05, 3.63) is 34.3 Å². The van der Waals surface area contributed by atoms with Gasteiger partial charge in [-0.3, -0.25) is 0 Å². The van der Waals surface area contributed by atoms with Crippen LogP contribution in [-0.2, 0) is 0 Å². The minimum atomic E-state index is -0.363. The van der Waals surface area contributed by atoms with Crippen molar-refractivity contribution in [1.29, 1.82) is 0 Å². The van der Waals surface area contributed by atoms with Crippen molar-refractivity contribution in [2.75, 3.05) is 0 Å². The summed E-state index contributed by atoms with van der Waals surface area (Å²) in [4.78, 5) is 0. The van der Waals surface area contributed by atoms with Crippen LogP contribution in [-0.4, -0.2) is 5.11 Å². The predicted molar refractivity (Wildman–Crippen MR) is 69.8 cm³/mol. The quantitative estimate of drug-likeness (QED) is 0.803. The van der Waals surface area contributed by atoms with Crippen molar-refractivity contribution >= 4 is 11.6 Å². The molecule has 0 aliphatic rings. The van der Waals surface area contributed by atoms with E-state index in [9.17, 15) is 5.11 Å². The molecule has 0 saturated carbocycles. The van der Waals surface area contributed by atoms with Gasteiger partial charge in [0.2, 0.25) is 0 Å². The minimum Gasteiger partial charge on any atom is -0.388 e. The summed E-state index contributed by atoms with van der Waals surface area (Å²) < 4.78 is 0. The lowest BCUT2D eigenvalue weighted by Gasteiger charge is -2.16. The van der Waals surface area contributed by atoms with Crippen molar-refractivity contribution in [3.63, 3.8) is 0 Å². The van der Waals surface area contributed by atoms with Crippen molar-refractivity contribution in [3.8, 4) is 0 Å². The third-order valence-corrected chi connectivity index (χ3v) is 3.40. The Bertz CT molecular complexity index is 336. The van der Waals surface area contributed by atoms with Crippen LogP contribution in [0.2, 0.25) is 5.02 Å². The molecule has 0 amide bonds. The molecule has 0 radical (unpaired) electrons. The molecular formula is C14H21ClO. The van der Waals surface area contributed by atoms with Crippen molar-refractivity contribution in [1.82, 2.24) is 0 Å². The zero-order valence-electron chi connectivity index (χ0n) is 10.3. The first-order valence-corrected chi connectivity index (χ1v) is 6.36. The summed E-state index contributed by atoms with van der Waals surface area (Å²) in [5, 5.41) is 10.9. The van der Waals surface area contributed by atoms with Gasteiger partial charge < -0.3 is 5.11 Å². The Labute approximate surface area is 103 Å². The molecule has 0 saturated heterocycles. The molecule has 0 fully saturated rings. The third-order valence-electron chi connectivity index (χ3n) is 2.97. The van der Waals surface area contributed by atoms with Gasteiger partial charge >= 0.3 is 0 Å². The van der Waals surface area contributed by atoms with Crippen LogP contribution in [0.4, 0.5) is 0 Å². The molecule has 2 unspecified atom stereocenters. The van der Waals surface area contributed by atoms with Gasteiger partial charge in [-0.05, 0) is 36.5 Å². The van der Waals surface area contributed by atoms with E-state index in [2.05, 4.69) is 13.8 Å². The number of rotatable bonds is 5. The maximum absolute atomic E-state index is 10.1. The summed E-state index contributed by atoms with van der Waals surface area (Å²) in [7, 11) is 0. The van der Waals surface area contributed by atoms with Crippen LogP contribution in [0.3, 0.4) is 0 Å². The number of aliphatic hydroxyl groups excluding tert-OH is 1. The van der Waals surface area contributed by atoms with Crippen LogP contribution >= 0.6 is 11.6 Å². The molecule has 1 aromatic rings. The number of benzene rings is 1. The predicted octanol–water partition coefficient (Wildman–Crippen LogP) is 4.51. The van der Waals surface area contributed by atoms with Crippen molar-refractivity contribution in [2.45, 2.75) is 46.1 Å². The fourth-order valence-electron chi connectivity index (χ4n) is 2.00. The highest BCUT2D eigenvalue weighted by Crippen LogP contribution is 2.26. The minimum absolute atomic E-state index is 0.363. The van der Waals surface area contributed by atoms with Gasteiger partial charge in [-0.15, -0.1) is 0 Å². The molecule has 0 aliphatic heterocycles. The van der Waals surface area contributed by atoms with E-state index in [1.807, 2.05) is 25.1 Å². The van der Waals surface area contributed by atoms with Crippen LogP contribution in [0.1, 0.15) is 50.3 Å². The van der Waals surface area contributed by atoms with Gasteiger partial charge in [0.1, 0.15) is 0 Å². The Kier molecular flexibility index (Phi) is 5.30. The van der Waals surface area contributed by atoms with E-state index in [0.29, 0.717) is 5.92 Å². The topological polar surface area (TPSA) is 20.2 Å². The lowest BCUT2D eigenvalue weighted by Crippen LogP contribution is -2.04. The Hall–Kier alpha value is -0.530. The average Bonchev–Trinajstić information content (AvgIpc) is 2.22. The summed E-state index contributed by atoms with van der Waals surface area (Å²) in [6, 6.07) is 5.75. The molecule has 16 heavy (non-hydrogen) atoms. The highest BCUT2D eigenvalue weighted by molar-refractivity contribution is 6.31. The molecule has 2 heteroatoms. The zero-order chi connectivity index (χ0) is 12.1. The van der Waals surface area contributed by atoms with Gasteiger partial charge in [-0.2, -0.15) is 0 Å². The van der Waals surface area contributed by atoms with Crippen LogP contribution in [0.25, 0.3) is 0 Å². The van der Waals surface area contributed by atoms with Gasteiger partial charge in [0.15, 0.2) is 0 Å². The molecule has 1 N–H and O–H groups in total. The third kappa shape index (κ3) is 3.80. The Morgan fingerprint density at radius 2 is 2.06 bits per heavy atom. The van der Waals surface area contributed by atoms with Crippen molar-refractivity contribution < 1.29 is 5.11 Å². The first-order valence-electron chi connectivity index (χ1n) is 5.98. The Morgan fingerprint density at radius 3 is 2.62 bits per heavy atom. The van der Waals surface area contributed by atoms with E-state index in [1.165, 1.54) is 12.8 Å². The van der Waals surface area contributed by atoms with Gasteiger partial charge in [-0.1, -0.05) is 50.4 Å². The molecule has 0 bridgehead atoms. The second kappa shape index (κ2) is 6.27. The second-order valence-corrected chi connectivity index (χ2v) is 5.06. The Balaban J connectivity index is 2.65. The highest BCUT2D eigenvalue weighted by Gasteiger charge is 2.12. The number of halogens is 1. The number of aliphatic hydroxyl groups is 1. The van der Waals surface area contributed by atoms with E-state index in [4.69, 9.17) is 11.6 Å². The molecule has 1 aromatic carbocycles. The van der Waals surface area contributed by atoms with E-state index < -0.39 is 0 Å². The van der Waals surface area contributed by atoms with Crippen molar-refractivity contribution in [2.24, 2.45) is 5.92 Å². The monoisotopic (exact) mass is 240 g/mol. The second-order valence-electron chi connectivity index (χ2n) is 4.65. The Morgan fingerprint density at radius 1 is 1.38 bits per heavy atom. The average molecular weight is 241 g/mol. The molecule has 0 aromatic heterocycles. The first kappa shape index (κ1) is 13.5. The fraction of sp³-hybridized carbons (Fsp3) is 0.571. The van der Waals surface area contributed by atoms with E-state index in [-0.39, 0.29) is 6.10 Å². The maximum atomic E-state index is 10.1. The molecule has 0 aliphatic carbocycles. The lowest BCUT2D eigenvalue weighted by molar-refractivity contribution is 0.145. The van der Waals surface area contributed by atoms with Crippen LogP contribution < -0.4 is 0 Å². The molecule has 0 spiro atoms. The molecule has 0 heterocycles. The highest BCUT2D eigenvalue weighted by atomic mass is 35.5. The number of hydrogen-bond donors (Lipinski definition) is 1. The van der Waals surface area contributed by atoms with E-state index in [1.54, 1.807) is 0 Å². The summed E-state index contributed by atoms with van der Waals surface area (Å²) in [6.07, 6.45) is 2.81. The summed E-state index contributed by atoms with van der Waals surface area (Å²) in [5.74, 6) is 0.566. The summed E-state index contributed by atoms with van der Waals surface area (Å²) in [5.41, 5.74) is 2.01. The number of hydrogen-bond acceptors (Lipinski definition) is 1. The van der Waals surface area contributed by atoms with E-state index >= 15 is 0 Å². The molecule has 2 atom stereocenters. The largest absolute Gasteiger partial charge is 0.388 e. The smallest absolute Gasteiger partial charge is 0.0792 e.